The van der Waals surface area contributed by atoms with Crippen molar-refractivity contribution >= 4 is 34.0 Å². The minimum absolute atomic E-state index is 0.0849. The second-order valence-electron chi connectivity index (χ2n) is 7.68. The fraction of sp³-hybridized carbons (Fsp3) is 0.526. The van der Waals surface area contributed by atoms with Crippen molar-refractivity contribution in [2.24, 2.45) is 0 Å². The third-order valence-corrected chi connectivity index (χ3v) is 6.51. The zero-order chi connectivity index (χ0) is 19.8. The Morgan fingerprint density at radius 1 is 1.14 bits per heavy atom. The van der Waals surface area contributed by atoms with Crippen molar-refractivity contribution in [3.63, 3.8) is 0 Å². The van der Waals surface area contributed by atoms with Crippen LogP contribution in [-0.4, -0.2) is 61.9 Å². The molecule has 0 atom stereocenters. The van der Waals surface area contributed by atoms with Crippen LogP contribution in [0.4, 0.5) is 15.7 Å². The van der Waals surface area contributed by atoms with E-state index in [0.717, 1.165) is 48.1 Å². The predicted octanol–water partition coefficient (Wildman–Crippen LogP) is 2.90. The van der Waals surface area contributed by atoms with E-state index >= 15 is 0 Å². The molecular formula is C19H24N8OS. The van der Waals surface area contributed by atoms with Crippen LogP contribution < -0.4 is 10.2 Å². The number of hydrogen-bond acceptors (Lipinski definition) is 7. The molecule has 2 aliphatic heterocycles. The largest absolute Gasteiger partial charge is 0.355 e. The summed E-state index contributed by atoms with van der Waals surface area (Å²) >= 11 is 1.49. The molecule has 0 saturated carbocycles. The maximum absolute atomic E-state index is 12.5. The third-order valence-electron chi connectivity index (χ3n) is 5.69. The summed E-state index contributed by atoms with van der Waals surface area (Å²) in [6, 6.07) is 3.95. The zero-order valence-electron chi connectivity index (χ0n) is 16.4. The summed E-state index contributed by atoms with van der Waals surface area (Å²) in [6.07, 6.45) is 5.90. The maximum atomic E-state index is 12.5. The number of hydrogen-bond donors (Lipinski definition) is 1. The van der Waals surface area contributed by atoms with E-state index in [-0.39, 0.29) is 11.9 Å². The lowest BCUT2D eigenvalue weighted by atomic mass is 9.96. The predicted molar refractivity (Wildman–Crippen MR) is 112 cm³/mol. The number of fused-ring (bicyclic) bond motifs is 1. The van der Waals surface area contributed by atoms with Gasteiger partial charge in [0.1, 0.15) is 5.82 Å². The number of aromatic nitrogens is 5. The van der Waals surface area contributed by atoms with Crippen molar-refractivity contribution in [1.82, 2.24) is 29.7 Å². The van der Waals surface area contributed by atoms with Crippen LogP contribution in [0.25, 0.3) is 5.65 Å². The number of rotatable bonds is 3. The van der Waals surface area contributed by atoms with E-state index in [1.165, 1.54) is 24.2 Å². The van der Waals surface area contributed by atoms with Crippen LogP contribution in [0.5, 0.6) is 0 Å². The maximum Gasteiger partial charge on any atom is 0.323 e. The van der Waals surface area contributed by atoms with E-state index in [0.29, 0.717) is 18.2 Å². The van der Waals surface area contributed by atoms with E-state index in [1.54, 1.807) is 6.20 Å². The summed E-state index contributed by atoms with van der Waals surface area (Å²) < 4.78 is 1.90. The highest BCUT2D eigenvalue weighted by molar-refractivity contribution is 7.15. The molecule has 0 unspecified atom stereocenters. The number of thiazole rings is 1. The first-order chi connectivity index (χ1) is 14.2. The zero-order valence-corrected chi connectivity index (χ0v) is 17.2. The molecule has 2 aliphatic rings. The number of aryl methyl sites for hydroxylation is 1. The highest BCUT2D eigenvalue weighted by Crippen LogP contribution is 2.28. The number of likely N-dealkylation sites (tertiary alicyclic amines) is 1. The summed E-state index contributed by atoms with van der Waals surface area (Å²) in [6.45, 7) is 5.46. The highest BCUT2D eigenvalue weighted by atomic mass is 32.1. The SMILES string of the molecule is Cc1cnc(NC(=O)N2CCC(c3nnc4ccc(N5CCCC5)nn34)CC2)s1. The van der Waals surface area contributed by atoms with Gasteiger partial charge < -0.3 is 9.80 Å². The van der Waals surface area contributed by atoms with Gasteiger partial charge in [-0.2, -0.15) is 4.52 Å². The van der Waals surface area contributed by atoms with Crippen molar-refractivity contribution in [1.29, 1.82) is 0 Å². The summed E-state index contributed by atoms with van der Waals surface area (Å²) in [5.41, 5.74) is 0.780. The van der Waals surface area contributed by atoms with Gasteiger partial charge >= 0.3 is 6.03 Å². The van der Waals surface area contributed by atoms with E-state index in [2.05, 4.69) is 25.4 Å². The second-order valence-corrected chi connectivity index (χ2v) is 8.92. The smallest absolute Gasteiger partial charge is 0.323 e. The van der Waals surface area contributed by atoms with Gasteiger partial charge in [0.2, 0.25) is 0 Å². The van der Waals surface area contributed by atoms with Crippen LogP contribution in [0, 0.1) is 6.92 Å². The number of urea groups is 1. The number of nitrogens with one attached hydrogen (secondary N) is 1. The van der Waals surface area contributed by atoms with Gasteiger partial charge in [-0.25, -0.2) is 9.78 Å². The quantitative estimate of drug-likeness (QED) is 0.711. The van der Waals surface area contributed by atoms with Crippen molar-refractivity contribution in [2.45, 2.75) is 38.5 Å². The summed E-state index contributed by atoms with van der Waals surface area (Å²) in [7, 11) is 0. The summed E-state index contributed by atoms with van der Waals surface area (Å²) in [5.74, 6) is 2.14. The van der Waals surface area contributed by atoms with E-state index < -0.39 is 0 Å². The Labute approximate surface area is 172 Å². The van der Waals surface area contributed by atoms with Gasteiger partial charge in [-0.1, -0.05) is 0 Å². The van der Waals surface area contributed by atoms with Gasteiger partial charge in [0.05, 0.1) is 0 Å². The summed E-state index contributed by atoms with van der Waals surface area (Å²) in [4.78, 5) is 22.0. The molecule has 0 spiro atoms. The van der Waals surface area contributed by atoms with E-state index in [9.17, 15) is 4.79 Å². The van der Waals surface area contributed by atoms with Gasteiger partial charge in [-0.05, 0) is 44.7 Å². The normalized spacial score (nSPS) is 18.0. The van der Waals surface area contributed by atoms with Gasteiger partial charge in [0.25, 0.3) is 0 Å². The Bertz CT molecular complexity index is 1020. The molecule has 2 fully saturated rings. The lowest BCUT2D eigenvalue weighted by Gasteiger charge is -2.30. The second kappa shape index (κ2) is 7.58. The lowest BCUT2D eigenvalue weighted by molar-refractivity contribution is 0.193. The van der Waals surface area contributed by atoms with E-state index in [4.69, 9.17) is 5.10 Å². The minimum Gasteiger partial charge on any atom is -0.355 e. The van der Waals surface area contributed by atoms with Crippen LogP contribution in [0.3, 0.4) is 0 Å². The molecule has 1 N–H and O–H groups in total. The molecule has 9 nitrogen and oxygen atoms in total. The minimum atomic E-state index is -0.0849. The molecule has 0 radical (unpaired) electrons. The molecular weight excluding hydrogens is 388 g/mol. The van der Waals surface area contributed by atoms with Crippen molar-refractivity contribution in [3.05, 3.63) is 29.0 Å². The van der Waals surface area contributed by atoms with Crippen LogP contribution in [-0.2, 0) is 0 Å². The highest BCUT2D eigenvalue weighted by Gasteiger charge is 2.28. The van der Waals surface area contributed by atoms with Crippen LogP contribution in [0.1, 0.15) is 42.3 Å². The number of nitrogens with zero attached hydrogens (tertiary/aromatic N) is 7. The van der Waals surface area contributed by atoms with Crippen LogP contribution in [0.2, 0.25) is 0 Å². The third kappa shape index (κ3) is 3.64. The first-order valence-corrected chi connectivity index (χ1v) is 10.9. The molecule has 2 saturated heterocycles. The molecule has 3 aromatic heterocycles. The van der Waals surface area contributed by atoms with Crippen molar-refractivity contribution in [2.75, 3.05) is 36.4 Å². The molecule has 0 aliphatic carbocycles. The van der Waals surface area contributed by atoms with Gasteiger partial charge in [-0.3, -0.25) is 5.32 Å². The molecule has 0 aromatic carbocycles. The van der Waals surface area contributed by atoms with Crippen LogP contribution >= 0.6 is 11.3 Å². The van der Waals surface area contributed by atoms with E-state index in [1.807, 2.05) is 28.5 Å². The number of carbonyl (C=O) groups is 1. The standard InChI is InChI=1S/C19H24N8OS/c1-13-12-20-18(29-13)21-19(28)26-10-6-14(7-11-26)17-23-22-15-4-5-16(24-27(15)17)25-8-2-3-9-25/h4-5,12,14H,2-3,6-11H2,1H3,(H,20,21,28). The van der Waals surface area contributed by atoms with Crippen molar-refractivity contribution < 1.29 is 4.79 Å². The first-order valence-electron chi connectivity index (χ1n) is 10.1. The Kier molecular flexibility index (Phi) is 4.78. The molecule has 0 bridgehead atoms. The number of piperidine rings is 1. The Balaban J connectivity index is 1.27. The average Bonchev–Trinajstić information content (AvgIpc) is 3.48. The fourth-order valence-electron chi connectivity index (χ4n) is 4.09. The lowest BCUT2D eigenvalue weighted by Crippen LogP contribution is -2.40. The van der Waals surface area contributed by atoms with Gasteiger partial charge in [0, 0.05) is 43.2 Å². The number of anilines is 2. The number of amides is 2. The Hall–Kier alpha value is -2.75. The molecule has 2 amide bonds. The number of carbonyl (C=O) groups excluding carboxylic acids is 1. The van der Waals surface area contributed by atoms with Gasteiger partial charge in [0.15, 0.2) is 16.6 Å². The Morgan fingerprint density at radius 2 is 1.93 bits per heavy atom. The molecule has 10 heteroatoms. The molecule has 3 aromatic rings. The van der Waals surface area contributed by atoms with Gasteiger partial charge in [-0.15, -0.1) is 26.6 Å². The molecule has 5 rings (SSSR count). The molecule has 29 heavy (non-hydrogen) atoms. The van der Waals surface area contributed by atoms with Crippen molar-refractivity contribution in [3.8, 4) is 0 Å². The molecule has 5 heterocycles. The molecule has 152 valence electrons. The monoisotopic (exact) mass is 412 g/mol. The average molecular weight is 413 g/mol. The van der Waals surface area contributed by atoms with Crippen LogP contribution in [0.15, 0.2) is 18.3 Å². The Morgan fingerprint density at radius 3 is 2.66 bits per heavy atom. The first kappa shape index (κ1) is 18.3. The fourth-order valence-corrected chi connectivity index (χ4v) is 4.74. The topological polar surface area (TPSA) is 91.5 Å². The summed E-state index contributed by atoms with van der Waals surface area (Å²) in [5, 5.41) is 17.1.